The third-order valence-electron chi connectivity index (χ3n) is 5.88. The summed E-state index contributed by atoms with van der Waals surface area (Å²) >= 11 is 0. The first-order valence-electron chi connectivity index (χ1n) is 9.47. The van der Waals surface area contributed by atoms with E-state index >= 15 is 0 Å². The Morgan fingerprint density at radius 1 is 1.26 bits per heavy atom. The molecule has 4 atom stereocenters. The molecular formula is C22H21NO4. The van der Waals surface area contributed by atoms with Gasteiger partial charge in [0.2, 0.25) is 5.91 Å². The highest BCUT2D eigenvalue weighted by atomic mass is 16.6. The molecule has 3 aliphatic heterocycles. The van der Waals surface area contributed by atoms with E-state index in [4.69, 9.17) is 9.47 Å². The van der Waals surface area contributed by atoms with Crippen molar-refractivity contribution in [3.8, 4) is 0 Å². The van der Waals surface area contributed by atoms with E-state index in [2.05, 4.69) is 0 Å². The summed E-state index contributed by atoms with van der Waals surface area (Å²) in [5.41, 5.74) is 0.136. The van der Waals surface area contributed by atoms with Crippen LogP contribution >= 0.6 is 0 Å². The van der Waals surface area contributed by atoms with Gasteiger partial charge >= 0.3 is 5.97 Å². The van der Waals surface area contributed by atoms with Gasteiger partial charge in [-0.05, 0) is 17.9 Å². The smallest absolute Gasteiger partial charge is 0.312 e. The van der Waals surface area contributed by atoms with Crippen molar-refractivity contribution in [2.24, 2.45) is 11.8 Å². The molecule has 5 heteroatoms. The lowest BCUT2D eigenvalue weighted by molar-refractivity contribution is -0.152. The second kappa shape index (κ2) is 5.92. The summed E-state index contributed by atoms with van der Waals surface area (Å²) in [5.74, 6) is -1.47. The third kappa shape index (κ3) is 2.28. The van der Waals surface area contributed by atoms with Gasteiger partial charge in [-0.3, -0.25) is 9.59 Å². The normalized spacial score (nSPS) is 30.9. The first-order chi connectivity index (χ1) is 13.1. The summed E-state index contributed by atoms with van der Waals surface area (Å²) in [6.07, 6.45) is 4.27. The molecule has 0 saturated carbocycles. The molecule has 1 amide bonds. The Bertz CT molecular complexity index is 962. The number of fused-ring (bicyclic) bond motifs is 2. The number of hydrogen-bond donors (Lipinski definition) is 0. The van der Waals surface area contributed by atoms with Gasteiger partial charge in [0.05, 0.1) is 30.9 Å². The maximum absolute atomic E-state index is 13.4. The number of benzene rings is 2. The van der Waals surface area contributed by atoms with Crippen molar-refractivity contribution in [2.45, 2.75) is 25.0 Å². The van der Waals surface area contributed by atoms with Gasteiger partial charge in [-0.25, -0.2) is 0 Å². The van der Waals surface area contributed by atoms with Crippen LogP contribution < -0.4 is 4.90 Å². The molecule has 1 spiro atoms. The van der Waals surface area contributed by atoms with Gasteiger partial charge < -0.3 is 14.4 Å². The number of hydrogen-bond acceptors (Lipinski definition) is 4. The number of carbonyl (C=O) groups is 2. The number of esters is 1. The molecular weight excluding hydrogens is 342 g/mol. The molecule has 3 heterocycles. The van der Waals surface area contributed by atoms with Crippen molar-refractivity contribution in [1.29, 1.82) is 0 Å². The van der Waals surface area contributed by atoms with Crippen molar-refractivity contribution in [2.75, 3.05) is 18.1 Å². The number of nitrogens with zero attached hydrogens (tertiary/aromatic N) is 1. The monoisotopic (exact) mass is 363 g/mol. The molecule has 5 rings (SSSR count). The summed E-state index contributed by atoms with van der Waals surface area (Å²) in [5, 5.41) is 2.10. The molecule has 2 aromatic carbocycles. The van der Waals surface area contributed by atoms with E-state index in [9.17, 15) is 9.59 Å². The van der Waals surface area contributed by atoms with Crippen molar-refractivity contribution >= 4 is 28.3 Å². The molecule has 2 fully saturated rings. The van der Waals surface area contributed by atoms with Crippen molar-refractivity contribution in [1.82, 2.24) is 0 Å². The van der Waals surface area contributed by atoms with Crippen LogP contribution in [0.15, 0.2) is 54.6 Å². The molecule has 2 saturated heterocycles. The van der Waals surface area contributed by atoms with E-state index in [0.717, 1.165) is 22.9 Å². The van der Waals surface area contributed by atoms with Crippen molar-refractivity contribution in [3.05, 3.63) is 54.6 Å². The van der Waals surface area contributed by atoms with E-state index in [1.54, 1.807) is 4.90 Å². The Labute approximate surface area is 157 Å². The highest BCUT2D eigenvalue weighted by molar-refractivity contribution is 6.08. The Kier molecular flexibility index (Phi) is 3.62. The second-order valence-corrected chi connectivity index (χ2v) is 7.49. The van der Waals surface area contributed by atoms with Gasteiger partial charge in [0.1, 0.15) is 11.5 Å². The molecule has 2 aromatic rings. The van der Waals surface area contributed by atoms with Crippen LogP contribution in [0, 0.1) is 11.8 Å². The predicted molar refractivity (Wildman–Crippen MR) is 101 cm³/mol. The molecule has 3 aliphatic rings. The van der Waals surface area contributed by atoms with E-state index in [0.29, 0.717) is 13.2 Å². The minimum absolute atomic E-state index is 0.0587. The topological polar surface area (TPSA) is 55.8 Å². The zero-order valence-electron chi connectivity index (χ0n) is 15.1. The Balaban J connectivity index is 1.53. The summed E-state index contributed by atoms with van der Waals surface area (Å²) < 4.78 is 11.5. The minimum atomic E-state index is -0.728. The fraction of sp³-hybridized carbons (Fsp3) is 0.364. The van der Waals surface area contributed by atoms with Crippen LogP contribution in [-0.4, -0.2) is 36.7 Å². The van der Waals surface area contributed by atoms with Gasteiger partial charge in [-0.1, -0.05) is 55.5 Å². The van der Waals surface area contributed by atoms with Crippen LogP contribution in [-0.2, 0) is 19.1 Å². The summed E-state index contributed by atoms with van der Waals surface area (Å²) in [4.78, 5) is 27.8. The molecule has 0 radical (unpaired) electrons. The number of rotatable bonds is 4. The van der Waals surface area contributed by atoms with Crippen molar-refractivity contribution in [3.63, 3.8) is 0 Å². The number of amides is 1. The molecule has 138 valence electrons. The van der Waals surface area contributed by atoms with Crippen LogP contribution in [0.4, 0.5) is 5.69 Å². The van der Waals surface area contributed by atoms with Gasteiger partial charge in [0, 0.05) is 5.39 Å². The molecule has 0 aliphatic carbocycles. The zero-order valence-corrected chi connectivity index (χ0v) is 15.1. The SMILES string of the molecule is CCCOC(=O)[C@@H]1[C@H]2C=C[C@@]3(CN(c4cccc5ccccc45)C(=O)[C@@H]13)O2. The maximum atomic E-state index is 13.4. The lowest BCUT2D eigenvalue weighted by atomic mass is 9.77. The molecule has 2 bridgehead atoms. The Morgan fingerprint density at radius 2 is 2.07 bits per heavy atom. The van der Waals surface area contributed by atoms with Crippen LogP contribution in [0.25, 0.3) is 10.8 Å². The standard InChI is InChI=1S/C22H21NO4/c1-2-12-26-21(25)18-17-10-11-22(27-17)13-23(20(24)19(18)22)16-9-5-7-14-6-3-4-8-15(14)16/h3-11,17-19H,2,12-13H2,1H3/t17-,18-,19-,22+/m1/s1. The van der Waals surface area contributed by atoms with Crippen LogP contribution in [0.3, 0.4) is 0 Å². The fourth-order valence-electron chi connectivity index (χ4n) is 4.71. The van der Waals surface area contributed by atoms with Gasteiger partial charge in [-0.15, -0.1) is 0 Å². The average molecular weight is 363 g/mol. The number of carbonyl (C=O) groups excluding carboxylic acids is 2. The summed E-state index contributed by atoms with van der Waals surface area (Å²) in [6.45, 7) is 2.75. The van der Waals surface area contributed by atoms with E-state index < -0.39 is 17.4 Å². The van der Waals surface area contributed by atoms with E-state index in [1.165, 1.54) is 0 Å². The van der Waals surface area contributed by atoms with Crippen LogP contribution in [0.5, 0.6) is 0 Å². The average Bonchev–Trinajstić information content (AvgIpc) is 3.34. The van der Waals surface area contributed by atoms with E-state index in [-0.39, 0.29) is 18.0 Å². The largest absolute Gasteiger partial charge is 0.465 e. The lowest BCUT2D eigenvalue weighted by Crippen LogP contribution is -2.40. The summed E-state index contributed by atoms with van der Waals surface area (Å²) in [6, 6.07) is 14.0. The molecule has 0 aromatic heterocycles. The fourth-order valence-corrected chi connectivity index (χ4v) is 4.71. The van der Waals surface area contributed by atoms with E-state index in [1.807, 2.05) is 61.5 Å². The Hall–Kier alpha value is -2.66. The number of anilines is 1. The predicted octanol–water partition coefficient (Wildman–Crippen LogP) is 3.08. The second-order valence-electron chi connectivity index (χ2n) is 7.49. The van der Waals surface area contributed by atoms with Gasteiger partial charge in [0.15, 0.2) is 0 Å². The molecule has 27 heavy (non-hydrogen) atoms. The summed E-state index contributed by atoms with van der Waals surface area (Å²) in [7, 11) is 0. The first kappa shape index (κ1) is 16.5. The molecule has 0 unspecified atom stereocenters. The third-order valence-corrected chi connectivity index (χ3v) is 5.88. The van der Waals surface area contributed by atoms with Crippen molar-refractivity contribution < 1.29 is 19.1 Å². The minimum Gasteiger partial charge on any atom is -0.465 e. The first-order valence-corrected chi connectivity index (χ1v) is 9.47. The molecule has 0 N–H and O–H groups in total. The highest BCUT2D eigenvalue weighted by Crippen LogP contribution is 2.53. The van der Waals surface area contributed by atoms with Crippen LogP contribution in [0.2, 0.25) is 0 Å². The zero-order chi connectivity index (χ0) is 18.6. The highest BCUT2D eigenvalue weighted by Gasteiger charge is 2.67. The maximum Gasteiger partial charge on any atom is 0.312 e. The quantitative estimate of drug-likeness (QED) is 0.619. The molecule has 5 nitrogen and oxygen atoms in total. The lowest BCUT2D eigenvalue weighted by Gasteiger charge is -2.22. The van der Waals surface area contributed by atoms with Gasteiger partial charge in [0.25, 0.3) is 0 Å². The van der Waals surface area contributed by atoms with Gasteiger partial charge in [-0.2, -0.15) is 0 Å². The van der Waals surface area contributed by atoms with Crippen LogP contribution in [0.1, 0.15) is 13.3 Å². The Morgan fingerprint density at radius 3 is 2.93 bits per heavy atom. The number of ether oxygens (including phenoxy) is 2.